The van der Waals surface area contributed by atoms with E-state index in [0.29, 0.717) is 11.6 Å². The Labute approximate surface area is 185 Å². The van der Waals surface area contributed by atoms with Crippen LogP contribution in [0.25, 0.3) is 10.9 Å². The highest BCUT2D eigenvalue weighted by Gasteiger charge is 2.39. The van der Waals surface area contributed by atoms with Crippen LogP contribution >= 0.6 is 11.6 Å². The molecule has 162 valence electrons. The van der Waals surface area contributed by atoms with Crippen LogP contribution in [-0.2, 0) is 4.79 Å². The lowest BCUT2D eigenvalue weighted by molar-refractivity contribution is -0.123. The minimum atomic E-state index is -0.556. The van der Waals surface area contributed by atoms with Crippen molar-refractivity contribution in [3.8, 4) is 0 Å². The average Bonchev–Trinajstić information content (AvgIpc) is 2.76. The molecule has 0 unspecified atom stereocenters. The van der Waals surface area contributed by atoms with E-state index in [1.807, 2.05) is 13.0 Å². The van der Waals surface area contributed by atoms with Crippen molar-refractivity contribution in [2.45, 2.75) is 45.4 Å². The Bertz CT molecular complexity index is 1130. The maximum absolute atomic E-state index is 13.8. The minimum absolute atomic E-state index is 0.0276. The highest BCUT2D eigenvalue weighted by atomic mass is 35.5. The monoisotopic (exact) mass is 442 g/mol. The van der Waals surface area contributed by atoms with E-state index in [2.05, 4.69) is 17.2 Å². The first kappa shape index (κ1) is 21.7. The lowest BCUT2D eigenvalue weighted by atomic mass is 9.64. The number of benzene rings is 2. The standard InChI is InChI=1S/C25H25ClF2N2O/c1-15(24(31)30-18-4-5-21(26)22(28)14-18)25(2)10-7-16(8-11-25)19-9-12-29-23-6-3-17(27)13-20(19)23/h3-6,9,12-16H,7-8,10-11H2,1-2H3,(H,30,31)/t15-,16?,25?/m1/s1. The van der Waals surface area contributed by atoms with Gasteiger partial charge in [0.1, 0.15) is 11.6 Å². The first-order chi connectivity index (χ1) is 14.8. The molecule has 6 heteroatoms. The number of hydrogen-bond donors (Lipinski definition) is 1. The van der Waals surface area contributed by atoms with Crippen LogP contribution in [0.2, 0.25) is 5.02 Å². The van der Waals surface area contributed by atoms with E-state index in [-0.39, 0.29) is 28.1 Å². The second kappa shape index (κ2) is 8.54. The zero-order valence-electron chi connectivity index (χ0n) is 17.6. The van der Waals surface area contributed by atoms with Crippen LogP contribution in [0.1, 0.15) is 51.0 Å². The molecule has 1 saturated carbocycles. The summed E-state index contributed by atoms with van der Waals surface area (Å²) >= 11 is 5.72. The Morgan fingerprint density at radius 2 is 1.90 bits per heavy atom. The second-order valence-corrected chi connectivity index (χ2v) is 9.24. The van der Waals surface area contributed by atoms with Gasteiger partial charge in [0.05, 0.1) is 10.5 Å². The van der Waals surface area contributed by atoms with Crippen LogP contribution in [0.15, 0.2) is 48.7 Å². The van der Waals surface area contributed by atoms with E-state index < -0.39 is 5.82 Å². The van der Waals surface area contributed by atoms with E-state index in [1.165, 1.54) is 18.2 Å². The molecule has 0 spiro atoms. The quantitative estimate of drug-likeness (QED) is 0.468. The molecule has 3 aromatic rings. The van der Waals surface area contributed by atoms with Gasteiger partial charge >= 0.3 is 0 Å². The summed E-state index contributed by atoms with van der Waals surface area (Å²) in [6.07, 6.45) is 5.37. The lowest BCUT2D eigenvalue weighted by Crippen LogP contribution is -2.37. The first-order valence-corrected chi connectivity index (χ1v) is 10.9. The number of nitrogens with one attached hydrogen (secondary N) is 1. The molecule has 1 fully saturated rings. The number of anilines is 1. The first-order valence-electron chi connectivity index (χ1n) is 10.6. The molecule has 31 heavy (non-hydrogen) atoms. The highest BCUT2D eigenvalue weighted by Crippen LogP contribution is 2.48. The summed E-state index contributed by atoms with van der Waals surface area (Å²) in [6.45, 7) is 4.07. The zero-order valence-corrected chi connectivity index (χ0v) is 18.3. The van der Waals surface area contributed by atoms with Gasteiger partial charge in [-0.3, -0.25) is 9.78 Å². The highest BCUT2D eigenvalue weighted by molar-refractivity contribution is 6.30. The number of aromatic nitrogens is 1. The maximum atomic E-state index is 13.8. The summed E-state index contributed by atoms with van der Waals surface area (Å²) in [5.41, 5.74) is 2.16. The van der Waals surface area contributed by atoms with E-state index in [0.717, 1.165) is 42.1 Å². The molecule has 4 rings (SSSR count). The summed E-state index contributed by atoms with van der Waals surface area (Å²) < 4.78 is 27.5. The molecule has 2 aromatic carbocycles. The summed E-state index contributed by atoms with van der Waals surface area (Å²) in [6, 6.07) is 11.0. The largest absolute Gasteiger partial charge is 0.326 e. The Kier molecular flexibility index (Phi) is 5.98. The van der Waals surface area contributed by atoms with Crippen molar-refractivity contribution in [1.82, 2.24) is 4.98 Å². The van der Waals surface area contributed by atoms with Gasteiger partial charge < -0.3 is 5.32 Å². The van der Waals surface area contributed by atoms with E-state index >= 15 is 0 Å². The predicted octanol–water partition coefficient (Wildman–Crippen LogP) is 7.11. The minimum Gasteiger partial charge on any atom is -0.326 e. The molecular formula is C25H25ClF2N2O. The number of rotatable bonds is 4. The molecule has 1 heterocycles. The number of hydrogen-bond acceptors (Lipinski definition) is 2. The Morgan fingerprint density at radius 3 is 2.61 bits per heavy atom. The van der Waals surface area contributed by atoms with Crippen molar-refractivity contribution in [1.29, 1.82) is 0 Å². The van der Waals surface area contributed by atoms with Crippen molar-refractivity contribution in [3.63, 3.8) is 0 Å². The van der Waals surface area contributed by atoms with Crippen molar-refractivity contribution in [3.05, 3.63) is 70.9 Å². The van der Waals surface area contributed by atoms with Gasteiger partial charge in [0.15, 0.2) is 0 Å². The third kappa shape index (κ3) is 4.42. The smallest absolute Gasteiger partial charge is 0.227 e. The number of amides is 1. The SMILES string of the molecule is C[C@H](C(=O)Nc1ccc(Cl)c(F)c1)C1(C)CCC(c2ccnc3ccc(F)cc23)CC1. The number of fused-ring (bicyclic) bond motifs is 1. The third-order valence-corrected chi connectivity index (χ3v) is 7.24. The van der Waals surface area contributed by atoms with Crippen molar-refractivity contribution in [2.75, 3.05) is 5.32 Å². The molecule has 0 radical (unpaired) electrons. The summed E-state index contributed by atoms with van der Waals surface area (Å²) in [5, 5.41) is 3.71. The van der Waals surface area contributed by atoms with Crippen molar-refractivity contribution < 1.29 is 13.6 Å². The van der Waals surface area contributed by atoms with Crippen LogP contribution < -0.4 is 5.32 Å². The van der Waals surface area contributed by atoms with Crippen molar-refractivity contribution in [2.24, 2.45) is 11.3 Å². The second-order valence-electron chi connectivity index (χ2n) is 8.83. The Morgan fingerprint density at radius 1 is 1.16 bits per heavy atom. The van der Waals surface area contributed by atoms with Gasteiger partial charge in [-0.25, -0.2) is 8.78 Å². The van der Waals surface area contributed by atoms with Crippen LogP contribution in [0, 0.1) is 23.0 Å². The van der Waals surface area contributed by atoms with Crippen LogP contribution in [0.3, 0.4) is 0 Å². The van der Waals surface area contributed by atoms with Crippen LogP contribution in [0.4, 0.5) is 14.5 Å². The number of nitrogens with zero attached hydrogens (tertiary/aromatic N) is 1. The average molecular weight is 443 g/mol. The molecule has 1 atom stereocenters. The molecule has 1 amide bonds. The Hall–Kier alpha value is -2.53. The van der Waals surface area contributed by atoms with Gasteiger partial charge in [-0.2, -0.15) is 0 Å². The van der Waals surface area contributed by atoms with E-state index in [4.69, 9.17) is 11.6 Å². The summed E-state index contributed by atoms with van der Waals surface area (Å²) in [4.78, 5) is 17.2. The fraction of sp³-hybridized carbons (Fsp3) is 0.360. The van der Waals surface area contributed by atoms with Crippen LogP contribution in [0.5, 0.6) is 0 Å². The van der Waals surface area contributed by atoms with Gasteiger partial charge in [0, 0.05) is 23.2 Å². The lowest BCUT2D eigenvalue weighted by Gasteiger charge is -2.41. The third-order valence-electron chi connectivity index (χ3n) is 6.93. The topological polar surface area (TPSA) is 42.0 Å². The van der Waals surface area contributed by atoms with Gasteiger partial charge in [-0.1, -0.05) is 25.4 Å². The molecule has 3 nitrogen and oxygen atoms in total. The van der Waals surface area contributed by atoms with E-state index in [1.54, 1.807) is 24.4 Å². The summed E-state index contributed by atoms with van der Waals surface area (Å²) in [5.74, 6) is -0.870. The van der Waals surface area contributed by atoms with Crippen LogP contribution in [-0.4, -0.2) is 10.9 Å². The van der Waals surface area contributed by atoms with Crippen molar-refractivity contribution >= 4 is 34.1 Å². The molecule has 1 N–H and O–H groups in total. The normalized spacial score (nSPS) is 22.3. The molecule has 0 bridgehead atoms. The Balaban J connectivity index is 1.46. The number of carbonyl (C=O) groups excluding carboxylic acids is 1. The molecule has 1 aliphatic carbocycles. The van der Waals surface area contributed by atoms with Gasteiger partial charge in [0.25, 0.3) is 0 Å². The number of carbonyl (C=O) groups is 1. The fourth-order valence-corrected chi connectivity index (χ4v) is 4.78. The van der Waals surface area contributed by atoms with E-state index in [9.17, 15) is 13.6 Å². The predicted molar refractivity (Wildman–Crippen MR) is 120 cm³/mol. The molecule has 1 aliphatic rings. The molecule has 0 aliphatic heterocycles. The van der Waals surface area contributed by atoms with Gasteiger partial charge in [-0.15, -0.1) is 0 Å². The van der Waals surface area contributed by atoms with Gasteiger partial charge in [0.2, 0.25) is 5.91 Å². The number of pyridine rings is 1. The molecular weight excluding hydrogens is 418 g/mol. The summed E-state index contributed by atoms with van der Waals surface area (Å²) in [7, 11) is 0. The molecule has 1 aromatic heterocycles. The molecule has 0 saturated heterocycles. The van der Waals surface area contributed by atoms with Gasteiger partial charge in [-0.05, 0) is 85.0 Å². The zero-order chi connectivity index (χ0) is 22.2. The maximum Gasteiger partial charge on any atom is 0.227 e. The number of halogens is 3. The fourth-order valence-electron chi connectivity index (χ4n) is 4.66.